The summed E-state index contributed by atoms with van der Waals surface area (Å²) in [6.07, 6.45) is 0. The minimum absolute atomic E-state index is 0.00380. The zero-order valence-corrected chi connectivity index (χ0v) is 8.34. The first kappa shape index (κ1) is 11.5. The Morgan fingerprint density at radius 1 is 1.50 bits per heavy atom. The maximum Gasteiger partial charge on any atom is 0.336 e. The van der Waals surface area contributed by atoms with Crippen molar-refractivity contribution in [3.63, 3.8) is 0 Å². The summed E-state index contributed by atoms with van der Waals surface area (Å²) in [5.41, 5.74) is 8.41. The molecule has 0 aromatic heterocycles. The van der Waals surface area contributed by atoms with Crippen LogP contribution in [0.15, 0.2) is 23.3 Å². The molecule has 82 valence electrons. The number of rotatable bonds is 3. The van der Waals surface area contributed by atoms with E-state index < -0.39 is 5.97 Å². The van der Waals surface area contributed by atoms with E-state index in [0.717, 1.165) is 0 Å². The number of benzene rings is 1. The van der Waals surface area contributed by atoms with E-state index in [1.807, 2.05) is 0 Å². The molecule has 0 fully saturated rings. The summed E-state index contributed by atoms with van der Waals surface area (Å²) in [4.78, 5) is 24.1. The minimum atomic E-state index is -1.23. The lowest BCUT2D eigenvalue weighted by Gasteiger charge is -2.05. The lowest BCUT2D eigenvalue weighted by molar-refractivity contribution is -0.114. The van der Waals surface area contributed by atoms with Crippen LogP contribution in [0.4, 0.5) is 11.4 Å². The molecule has 0 heterocycles. The number of nitrogens with one attached hydrogen (secondary N) is 1. The summed E-state index contributed by atoms with van der Waals surface area (Å²) in [6.45, 7) is 1.31. The average molecular weight is 220 g/mol. The van der Waals surface area contributed by atoms with E-state index in [0.29, 0.717) is 5.69 Å². The summed E-state index contributed by atoms with van der Waals surface area (Å²) in [6, 6.07) is 4.01. The highest BCUT2D eigenvalue weighted by atomic mass is 16.4. The van der Waals surface area contributed by atoms with Crippen LogP contribution in [-0.2, 0) is 4.79 Å². The van der Waals surface area contributed by atoms with Crippen molar-refractivity contribution in [2.75, 3.05) is 5.32 Å². The van der Waals surface area contributed by atoms with E-state index in [-0.39, 0.29) is 17.2 Å². The molecule has 0 aliphatic heterocycles. The SMILES string of the molecule is CC(=O)Nc1ccc(N=[N+]=[N-])c(C(=O)O)c1. The number of carbonyl (C=O) groups excluding carboxylic acids is 1. The molecular weight excluding hydrogens is 212 g/mol. The van der Waals surface area contributed by atoms with Gasteiger partial charge in [0.15, 0.2) is 0 Å². The Hall–Kier alpha value is -2.53. The molecule has 1 aromatic carbocycles. The number of hydrogen-bond acceptors (Lipinski definition) is 3. The molecule has 0 aliphatic rings. The molecule has 1 aromatic rings. The second kappa shape index (κ2) is 4.81. The number of anilines is 1. The van der Waals surface area contributed by atoms with Crippen molar-refractivity contribution >= 4 is 23.3 Å². The number of carboxylic acids is 1. The molecule has 0 radical (unpaired) electrons. The van der Waals surface area contributed by atoms with Gasteiger partial charge in [0.1, 0.15) is 0 Å². The van der Waals surface area contributed by atoms with E-state index in [1.54, 1.807) is 0 Å². The number of carboxylic acid groups (broad SMARTS) is 1. The molecule has 16 heavy (non-hydrogen) atoms. The molecule has 1 rings (SSSR count). The first-order chi connectivity index (χ1) is 7.54. The minimum Gasteiger partial charge on any atom is -0.478 e. The Morgan fingerprint density at radius 3 is 2.69 bits per heavy atom. The fourth-order valence-electron chi connectivity index (χ4n) is 1.12. The largest absolute Gasteiger partial charge is 0.478 e. The lowest BCUT2D eigenvalue weighted by atomic mass is 10.1. The first-order valence-electron chi connectivity index (χ1n) is 4.24. The third kappa shape index (κ3) is 2.73. The molecule has 0 unspecified atom stereocenters. The Morgan fingerprint density at radius 2 is 2.19 bits per heavy atom. The predicted molar refractivity (Wildman–Crippen MR) is 56.5 cm³/mol. The van der Waals surface area contributed by atoms with E-state index in [4.69, 9.17) is 10.6 Å². The van der Waals surface area contributed by atoms with Crippen LogP contribution in [0.1, 0.15) is 17.3 Å². The Kier molecular flexibility index (Phi) is 3.47. The summed E-state index contributed by atoms with van der Waals surface area (Å²) in [5, 5.41) is 14.5. The van der Waals surface area contributed by atoms with Crippen molar-refractivity contribution < 1.29 is 14.7 Å². The number of azide groups is 1. The lowest BCUT2D eigenvalue weighted by Crippen LogP contribution is -2.07. The maximum atomic E-state index is 10.8. The normalized spacial score (nSPS) is 9.06. The topological polar surface area (TPSA) is 115 Å². The number of amides is 1. The van der Waals surface area contributed by atoms with Gasteiger partial charge < -0.3 is 10.4 Å². The fourth-order valence-corrected chi connectivity index (χ4v) is 1.12. The highest BCUT2D eigenvalue weighted by Crippen LogP contribution is 2.23. The van der Waals surface area contributed by atoms with E-state index >= 15 is 0 Å². The molecule has 0 spiro atoms. The number of hydrogen-bond donors (Lipinski definition) is 2. The average Bonchev–Trinajstić information content (AvgIpc) is 2.19. The number of nitrogens with zero attached hydrogens (tertiary/aromatic N) is 3. The second-order valence-electron chi connectivity index (χ2n) is 2.91. The van der Waals surface area contributed by atoms with E-state index in [1.165, 1.54) is 25.1 Å². The summed E-state index contributed by atoms with van der Waals surface area (Å²) in [7, 11) is 0. The van der Waals surface area contributed by atoms with Gasteiger partial charge in [0, 0.05) is 17.5 Å². The van der Waals surface area contributed by atoms with Gasteiger partial charge in [0.2, 0.25) is 5.91 Å². The van der Waals surface area contributed by atoms with Crippen LogP contribution in [-0.4, -0.2) is 17.0 Å². The molecule has 0 saturated carbocycles. The monoisotopic (exact) mass is 220 g/mol. The summed E-state index contributed by atoms with van der Waals surface area (Å²) < 4.78 is 0. The van der Waals surface area contributed by atoms with Crippen molar-refractivity contribution in [3.8, 4) is 0 Å². The van der Waals surface area contributed by atoms with Crippen LogP contribution >= 0.6 is 0 Å². The van der Waals surface area contributed by atoms with Crippen molar-refractivity contribution in [2.45, 2.75) is 6.92 Å². The smallest absolute Gasteiger partial charge is 0.336 e. The highest BCUT2D eigenvalue weighted by Gasteiger charge is 2.10. The van der Waals surface area contributed by atoms with Crippen molar-refractivity contribution in [1.29, 1.82) is 0 Å². The van der Waals surface area contributed by atoms with Gasteiger partial charge in [-0.15, -0.1) is 0 Å². The van der Waals surface area contributed by atoms with Crippen LogP contribution in [0.3, 0.4) is 0 Å². The van der Waals surface area contributed by atoms with Gasteiger partial charge in [-0.1, -0.05) is 5.11 Å². The molecular formula is C9H8N4O3. The fraction of sp³-hybridized carbons (Fsp3) is 0.111. The van der Waals surface area contributed by atoms with Crippen LogP contribution in [0, 0.1) is 0 Å². The number of aromatic carboxylic acids is 1. The Bertz CT molecular complexity index is 492. The van der Waals surface area contributed by atoms with Gasteiger partial charge in [-0.3, -0.25) is 4.79 Å². The molecule has 7 heteroatoms. The van der Waals surface area contributed by atoms with Gasteiger partial charge in [0.25, 0.3) is 0 Å². The zero-order valence-electron chi connectivity index (χ0n) is 8.34. The Labute approximate surface area is 90.3 Å². The van der Waals surface area contributed by atoms with Crippen LogP contribution in [0.25, 0.3) is 10.4 Å². The summed E-state index contributed by atoms with van der Waals surface area (Å²) in [5.74, 6) is -1.54. The molecule has 2 N–H and O–H groups in total. The molecule has 7 nitrogen and oxygen atoms in total. The molecule has 0 bridgehead atoms. The van der Waals surface area contributed by atoms with E-state index in [2.05, 4.69) is 15.3 Å². The third-order valence-corrected chi connectivity index (χ3v) is 1.70. The molecule has 0 atom stereocenters. The van der Waals surface area contributed by atoms with Gasteiger partial charge in [0.05, 0.1) is 11.3 Å². The third-order valence-electron chi connectivity index (χ3n) is 1.70. The van der Waals surface area contributed by atoms with E-state index in [9.17, 15) is 9.59 Å². The summed E-state index contributed by atoms with van der Waals surface area (Å²) >= 11 is 0. The van der Waals surface area contributed by atoms with Gasteiger partial charge >= 0.3 is 5.97 Å². The van der Waals surface area contributed by atoms with Crippen LogP contribution < -0.4 is 5.32 Å². The quantitative estimate of drug-likeness (QED) is 0.462. The number of carbonyl (C=O) groups is 2. The molecule has 0 saturated heterocycles. The van der Waals surface area contributed by atoms with Gasteiger partial charge in [-0.05, 0) is 23.7 Å². The second-order valence-corrected chi connectivity index (χ2v) is 2.91. The Balaban J connectivity index is 3.22. The molecule has 0 aliphatic carbocycles. The standard InChI is InChI=1S/C9H8N4O3/c1-5(14)11-6-2-3-8(12-13-10)7(4-6)9(15)16/h2-4H,1H3,(H,11,14)(H,15,16). The van der Waals surface area contributed by atoms with Crippen molar-refractivity contribution in [3.05, 3.63) is 34.2 Å². The van der Waals surface area contributed by atoms with Crippen molar-refractivity contribution in [2.24, 2.45) is 5.11 Å². The predicted octanol–water partition coefficient (Wildman–Crippen LogP) is 2.29. The van der Waals surface area contributed by atoms with Crippen LogP contribution in [0.2, 0.25) is 0 Å². The first-order valence-corrected chi connectivity index (χ1v) is 4.24. The van der Waals surface area contributed by atoms with Gasteiger partial charge in [-0.25, -0.2) is 4.79 Å². The molecule has 1 amide bonds. The van der Waals surface area contributed by atoms with Crippen molar-refractivity contribution in [1.82, 2.24) is 0 Å². The van der Waals surface area contributed by atoms with Gasteiger partial charge in [-0.2, -0.15) is 0 Å². The highest BCUT2D eigenvalue weighted by molar-refractivity contribution is 5.96. The van der Waals surface area contributed by atoms with Crippen LogP contribution in [0.5, 0.6) is 0 Å². The zero-order chi connectivity index (χ0) is 12.1. The maximum absolute atomic E-state index is 10.8.